The molecule has 0 spiro atoms. The lowest BCUT2D eigenvalue weighted by Gasteiger charge is -2.40. The third-order valence-electron chi connectivity index (χ3n) is 7.90. The highest BCUT2D eigenvalue weighted by Gasteiger charge is 2.38. The summed E-state index contributed by atoms with van der Waals surface area (Å²) in [7, 11) is -3.84. The molecule has 1 N–H and O–H groups in total. The van der Waals surface area contributed by atoms with E-state index in [-0.39, 0.29) is 41.5 Å². The summed E-state index contributed by atoms with van der Waals surface area (Å²) in [5, 5.41) is 5.14. The fourth-order valence-corrected chi connectivity index (χ4v) is 9.92. The molecule has 1 saturated heterocycles. The van der Waals surface area contributed by atoms with Gasteiger partial charge in [-0.25, -0.2) is 13.4 Å². The Morgan fingerprint density at radius 3 is 2.80 bits per heavy atom. The Morgan fingerprint density at radius 2 is 2.02 bits per heavy atom. The van der Waals surface area contributed by atoms with Crippen molar-refractivity contribution in [3.63, 3.8) is 0 Å². The number of aromatic nitrogens is 1. The summed E-state index contributed by atoms with van der Waals surface area (Å²) in [5.74, 6) is -0.622. The van der Waals surface area contributed by atoms with E-state index in [1.807, 2.05) is 0 Å². The van der Waals surface area contributed by atoms with Crippen LogP contribution in [0.3, 0.4) is 0 Å². The Hall–Kier alpha value is -3.14. The van der Waals surface area contributed by atoms with Crippen molar-refractivity contribution < 1.29 is 27.2 Å². The summed E-state index contributed by atoms with van der Waals surface area (Å²) in [4.78, 5) is 44.9. The lowest BCUT2D eigenvalue weighted by molar-refractivity contribution is -0.132. The normalized spacial score (nSPS) is 19.0. The molecule has 0 radical (unpaired) electrons. The quantitative estimate of drug-likeness (QED) is 0.266. The van der Waals surface area contributed by atoms with Gasteiger partial charge in [0.15, 0.2) is 5.01 Å². The molecule has 2 aliphatic rings. The number of rotatable bonds is 8. The minimum Gasteiger partial charge on any atom is -0.465 e. The van der Waals surface area contributed by atoms with Gasteiger partial charge in [0.2, 0.25) is 11.2 Å². The van der Waals surface area contributed by atoms with Crippen LogP contribution in [0.4, 0.5) is 0 Å². The van der Waals surface area contributed by atoms with E-state index in [1.54, 1.807) is 29.2 Å². The molecule has 238 valence electrons. The summed E-state index contributed by atoms with van der Waals surface area (Å²) in [6, 6.07) is 8.06. The first kappa shape index (κ1) is 31.8. The number of ether oxygens (including phenoxy) is 1. The molecule has 2 atom stereocenters. The van der Waals surface area contributed by atoms with E-state index >= 15 is 0 Å². The van der Waals surface area contributed by atoms with Crippen molar-refractivity contribution in [1.29, 1.82) is 0 Å². The van der Waals surface area contributed by atoms with E-state index < -0.39 is 27.5 Å². The Bertz CT molecular complexity index is 1940. The highest BCUT2D eigenvalue weighted by molar-refractivity contribution is 7.91. The number of hydrogen-bond donors (Lipinski definition) is 1. The van der Waals surface area contributed by atoms with Crippen molar-refractivity contribution in [2.24, 2.45) is 0 Å². The Morgan fingerprint density at radius 1 is 1.20 bits per heavy atom. The summed E-state index contributed by atoms with van der Waals surface area (Å²) in [6.07, 6.45) is 3.19. The number of hydrogen-bond acceptors (Lipinski definition) is 11. The zero-order valence-electron chi connectivity index (χ0n) is 24.6. The van der Waals surface area contributed by atoms with Crippen molar-refractivity contribution in [2.75, 3.05) is 19.6 Å². The van der Waals surface area contributed by atoms with Crippen molar-refractivity contribution in [2.45, 2.75) is 62.4 Å². The van der Waals surface area contributed by atoms with Gasteiger partial charge in [0.05, 0.1) is 5.69 Å². The first-order valence-electron chi connectivity index (χ1n) is 14.5. The van der Waals surface area contributed by atoms with E-state index in [2.05, 4.69) is 17.2 Å². The zero-order valence-corrected chi connectivity index (χ0v) is 27.8. The number of nitrogens with zero attached hydrogens (tertiary/aromatic N) is 3. The predicted octanol–water partition coefficient (Wildman–Crippen LogP) is 4.46. The number of piperazine rings is 1. The number of carbonyl (C=O) groups is 2. The molecule has 1 amide bonds. The molecule has 4 aromatic rings. The van der Waals surface area contributed by atoms with Gasteiger partial charge in [0.25, 0.3) is 15.9 Å². The first-order chi connectivity index (χ1) is 21.5. The van der Waals surface area contributed by atoms with E-state index in [0.717, 1.165) is 33.3 Å². The molecule has 3 aromatic heterocycles. The number of esters is 1. The number of sulfonamides is 1. The number of halogens is 1. The van der Waals surface area contributed by atoms with Gasteiger partial charge in [-0.05, 0) is 43.4 Å². The van der Waals surface area contributed by atoms with E-state index in [0.29, 0.717) is 41.6 Å². The summed E-state index contributed by atoms with van der Waals surface area (Å²) in [5.41, 5.74) is 0.462. The van der Waals surface area contributed by atoms with Gasteiger partial charge in [-0.15, -0.1) is 22.7 Å². The topological polar surface area (TPSA) is 139 Å². The molecule has 2 unspecified atom stereocenters. The van der Waals surface area contributed by atoms with Crippen LogP contribution in [-0.4, -0.2) is 66.2 Å². The van der Waals surface area contributed by atoms with Gasteiger partial charge in [0, 0.05) is 78.7 Å². The molecule has 0 aliphatic carbocycles. The minimum absolute atomic E-state index is 0.113. The van der Waals surface area contributed by atoms with Gasteiger partial charge >= 0.3 is 5.97 Å². The fourth-order valence-electron chi connectivity index (χ4n) is 5.63. The van der Waals surface area contributed by atoms with Crippen LogP contribution in [0.15, 0.2) is 50.0 Å². The highest BCUT2D eigenvalue weighted by atomic mass is 35.5. The van der Waals surface area contributed by atoms with Gasteiger partial charge in [-0.3, -0.25) is 14.4 Å². The number of aryl methyl sites for hydroxylation is 1. The Labute approximate surface area is 272 Å². The molecule has 11 nitrogen and oxygen atoms in total. The minimum atomic E-state index is -3.84. The van der Waals surface area contributed by atoms with Crippen LogP contribution in [-0.2, 0) is 34.2 Å². The molecule has 6 rings (SSSR count). The van der Waals surface area contributed by atoms with Crippen LogP contribution < -0.4 is 15.5 Å². The number of carbonyl (C=O) groups excluding carboxylic acids is 2. The third kappa shape index (κ3) is 6.86. The van der Waals surface area contributed by atoms with Crippen LogP contribution >= 0.6 is 34.3 Å². The molecule has 1 aromatic carbocycles. The van der Waals surface area contributed by atoms with Crippen LogP contribution in [0.25, 0.3) is 10.1 Å². The maximum absolute atomic E-state index is 13.9. The van der Waals surface area contributed by atoms with Crippen LogP contribution in [0.1, 0.15) is 52.8 Å². The average molecular weight is 691 g/mol. The maximum atomic E-state index is 13.9. The van der Waals surface area contributed by atoms with E-state index in [4.69, 9.17) is 20.8 Å². The Kier molecular flexibility index (Phi) is 9.14. The van der Waals surface area contributed by atoms with Crippen LogP contribution in [0.2, 0.25) is 5.02 Å². The number of amides is 1. The smallest absolute Gasteiger partial charge is 0.308 e. The molecular formula is C30H31ClN4O7S3. The number of nitrogens with one attached hydrogen (secondary N) is 1. The summed E-state index contributed by atoms with van der Waals surface area (Å²) in [6.45, 7) is 4.42. The molecule has 2 aliphatic heterocycles. The molecule has 1 fully saturated rings. The van der Waals surface area contributed by atoms with E-state index in [9.17, 15) is 22.8 Å². The number of thiazole rings is 1. The lowest BCUT2D eigenvalue weighted by Crippen LogP contribution is -2.56. The van der Waals surface area contributed by atoms with Crippen molar-refractivity contribution in [1.82, 2.24) is 19.5 Å². The average Bonchev–Trinajstić information content (AvgIpc) is 3.62. The third-order valence-corrected chi connectivity index (χ3v) is 12.6. The second-order valence-corrected chi connectivity index (χ2v) is 16.0. The molecular weight excluding hydrogens is 660 g/mol. The van der Waals surface area contributed by atoms with Crippen LogP contribution in [0.5, 0.6) is 5.75 Å². The van der Waals surface area contributed by atoms with Crippen molar-refractivity contribution in [3.05, 3.63) is 73.2 Å². The highest BCUT2D eigenvalue weighted by Crippen LogP contribution is 2.34. The molecule has 15 heteroatoms. The summed E-state index contributed by atoms with van der Waals surface area (Å²) < 4.78 is 40.5. The monoisotopic (exact) mass is 690 g/mol. The van der Waals surface area contributed by atoms with Crippen molar-refractivity contribution in [3.8, 4) is 5.75 Å². The zero-order chi connectivity index (χ0) is 31.9. The summed E-state index contributed by atoms with van der Waals surface area (Å²) >= 11 is 8.69. The van der Waals surface area contributed by atoms with Gasteiger partial charge in [-0.2, -0.15) is 4.31 Å². The number of thiophene rings is 1. The molecule has 0 bridgehead atoms. The lowest BCUT2D eigenvalue weighted by atomic mass is 10.0. The predicted molar refractivity (Wildman–Crippen MR) is 172 cm³/mol. The number of fused-ring (bicyclic) bond motifs is 2. The van der Waals surface area contributed by atoms with Gasteiger partial charge in [-0.1, -0.05) is 17.7 Å². The van der Waals surface area contributed by atoms with Crippen molar-refractivity contribution >= 4 is 66.3 Å². The standard InChI is InChI=1S/C30H31ClN4O7S3/c1-17-10-23-27(14-32-17)44-29(33-23)30(38)35-9-8-34(45(39,40)28-11-19-6-7-20(31)12-26(19)43-28)15-21(35)4-3-5-22-13-24(37)25(16-41-22)42-18(2)36/h6-7,11-13,16-17,21,32H,3-5,8-10,14-15H2,1-2H3. The maximum Gasteiger partial charge on any atom is 0.308 e. The number of benzene rings is 1. The second kappa shape index (κ2) is 12.9. The molecule has 0 saturated carbocycles. The first-order valence-corrected chi connectivity index (χ1v) is 18.0. The molecule has 5 heterocycles. The van der Waals surface area contributed by atoms with Gasteiger partial charge in [0.1, 0.15) is 16.2 Å². The second-order valence-electron chi connectivity index (χ2n) is 11.2. The van der Waals surface area contributed by atoms with Gasteiger partial charge < -0.3 is 19.4 Å². The molecule has 45 heavy (non-hydrogen) atoms. The van der Waals surface area contributed by atoms with Crippen LogP contribution in [0, 0.1) is 0 Å². The largest absolute Gasteiger partial charge is 0.465 e. The SMILES string of the molecule is CC(=O)Oc1coc(CCCC2CN(S(=O)(=O)c3cc4ccc(Cl)cc4s3)CCN2C(=O)c2nc3c(s2)CNC(C)C3)cc1=O. The Balaban J connectivity index is 1.22. The van der Waals surface area contributed by atoms with E-state index in [1.165, 1.54) is 40.0 Å². The fraction of sp³-hybridized carbons (Fsp3) is 0.400.